The van der Waals surface area contributed by atoms with Crippen molar-refractivity contribution < 1.29 is 9.47 Å². The molecule has 0 bridgehead atoms. The van der Waals surface area contributed by atoms with E-state index in [9.17, 15) is 0 Å². The molecule has 0 aliphatic carbocycles. The van der Waals surface area contributed by atoms with Gasteiger partial charge in [-0.2, -0.15) is 0 Å². The molecule has 0 aliphatic heterocycles. The van der Waals surface area contributed by atoms with Crippen LogP contribution in [0.1, 0.15) is 34.6 Å². The van der Waals surface area contributed by atoms with Gasteiger partial charge in [-0.25, -0.2) is 0 Å². The van der Waals surface area contributed by atoms with Crippen molar-refractivity contribution in [2.24, 2.45) is 16.7 Å². The molecule has 0 spiro atoms. The standard InChI is InChI=1S/C12H26O2/c1-10(2)12(8-13-6,9-14-7)11(3,4)5/h10H,8-9H2,1-7H3. The van der Waals surface area contributed by atoms with Crippen molar-refractivity contribution in [2.45, 2.75) is 34.6 Å². The van der Waals surface area contributed by atoms with Gasteiger partial charge in [0.25, 0.3) is 0 Å². The van der Waals surface area contributed by atoms with E-state index < -0.39 is 0 Å². The van der Waals surface area contributed by atoms with Crippen LogP contribution in [-0.2, 0) is 9.47 Å². The van der Waals surface area contributed by atoms with Crippen molar-refractivity contribution >= 4 is 0 Å². The van der Waals surface area contributed by atoms with E-state index in [4.69, 9.17) is 9.47 Å². The minimum atomic E-state index is 0.0938. The summed E-state index contributed by atoms with van der Waals surface area (Å²) in [7, 11) is 3.52. The SMILES string of the molecule is COCC(COC)(C(C)C)C(C)(C)C. The van der Waals surface area contributed by atoms with E-state index >= 15 is 0 Å². The first-order valence-electron chi connectivity index (χ1n) is 5.29. The highest BCUT2D eigenvalue weighted by atomic mass is 16.5. The van der Waals surface area contributed by atoms with Crippen LogP contribution < -0.4 is 0 Å². The van der Waals surface area contributed by atoms with Crippen LogP contribution in [0.25, 0.3) is 0 Å². The second kappa shape index (κ2) is 5.13. The van der Waals surface area contributed by atoms with Gasteiger partial charge < -0.3 is 9.47 Å². The summed E-state index contributed by atoms with van der Waals surface area (Å²) in [6.07, 6.45) is 0. The number of hydrogen-bond acceptors (Lipinski definition) is 2. The Balaban J connectivity index is 4.94. The first kappa shape index (κ1) is 13.9. The molecule has 0 radical (unpaired) electrons. The quantitative estimate of drug-likeness (QED) is 0.682. The molecule has 0 unspecified atom stereocenters. The second-order valence-electron chi connectivity index (χ2n) is 5.43. The van der Waals surface area contributed by atoms with Crippen LogP contribution in [0.5, 0.6) is 0 Å². The lowest BCUT2D eigenvalue weighted by Gasteiger charge is -2.47. The molecule has 0 N–H and O–H groups in total. The molecule has 86 valence electrons. The third kappa shape index (κ3) is 2.71. The molecule has 2 nitrogen and oxygen atoms in total. The maximum absolute atomic E-state index is 5.37. The largest absolute Gasteiger partial charge is 0.384 e. The number of methoxy groups -OCH3 is 2. The first-order valence-corrected chi connectivity index (χ1v) is 5.29. The smallest absolute Gasteiger partial charge is 0.0548 e. The minimum Gasteiger partial charge on any atom is -0.384 e. The van der Waals surface area contributed by atoms with Crippen molar-refractivity contribution in [2.75, 3.05) is 27.4 Å². The lowest BCUT2D eigenvalue weighted by Crippen LogP contribution is -2.47. The fourth-order valence-corrected chi connectivity index (χ4v) is 2.19. The molecular weight excluding hydrogens is 176 g/mol. The molecular formula is C12H26O2. The molecule has 0 aliphatic rings. The zero-order valence-corrected chi connectivity index (χ0v) is 10.8. The van der Waals surface area contributed by atoms with Gasteiger partial charge in [0.15, 0.2) is 0 Å². The Morgan fingerprint density at radius 2 is 1.29 bits per heavy atom. The van der Waals surface area contributed by atoms with Gasteiger partial charge in [-0.15, -0.1) is 0 Å². The zero-order chi connectivity index (χ0) is 11.4. The highest BCUT2D eigenvalue weighted by Gasteiger charge is 2.44. The predicted molar refractivity (Wildman–Crippen MR) is 60.5 cm³/mol. The van der Waals surface area contributed by atoms with Crippen molar-refractivity contribution in [3.05, 3.63) is 0 Å². The molecule has 0 rings (SSSR count). The van der Waals surface area contributed by atoms with Gasteiger partial charge in [0.2, 0.25) is 0 Å². The fraction of sp³-hybridized carbons (Fsp3) is 1.00. The maximum Gasteiger partial charge on any atom is 0.0548 e. The van der Waals surface area contributed by atoms with Crippen molar-refractivity contribution in [1.82, 2.24) is 0 Å². The van der Waals surface area contributed by atoms with Gasteiger partial charge in [-0.05, 0) is 11.3 Å². The van der Waals surface area contributed by atoms with Gasteiger partial charge >= 0.3 is 0 Å². The summed E-state index contributed by atoms with van der Waals surface area (Å²) in [5.74, 6) is 0.544. The van der Waals surface area contributed by atoms with E-state index in [1.165, 1.54) is 0 Å². The molecule has 0 saturated carbocycles. The van der Waals surface area contributed by atoms with Gasteiger partial charge in [-0.3, -0.25) is 0 Å². The van der Waals surface area contributed by atoms with E-state index in [1.807, 2.05) is 0 Å². The van der Waals surface area contributed by atoms with Crippen molar-refractivity contribution in [3.63, 3.8) is 0 Å². The summed E-state index contributed by atoms with van der Waals surface area (Å²) < 4.78 is 10.7. The summed E-state index contributed by atoms with van der Waals surface area (Å²) in [4.78, 5) is 0. The van der Waals surface area contributed by atoms with Gasteiger partial charge in [-0.1, -0.05) is 34.6 Å². The van der Waals surface area contributed by atoms with Crippen LogP contribution in [-0.4, -0.2) is 27.4 Å². The van der Waals surface area contributed by atoms with Crippen molar-refractivity contribution in [3.8, 4) is 0 Å². The van der Waals surface area contributed by atoms with E-state index in [2.05, 4.69) is 34.6 Å². The van der Waals surface area contributed by atoms with Crippen LogP contribution in [0.3, 0.4) is 0 Å². The van der Waals surface area contributed by atoms with Crippen LogP contribution >= 0.6 is 0 Å². The number of ether oxygens (including phenoxy) is 2. The lowest BCUT2D eigenvalue weighted by atomic mass is 9.61. The molecule has 2 heteroatoms. The zero-order valence-electron chi connectivity index (χ0n) is 10.8. The monoisotopic (exact) mass is 202 g/mol. The summed E-state index contributed by atoms with van der Waals surface area (Å²) in [5.41, 5.74) is 0.281. The Hall–Kier alpha value is -0.0800. The van der Waals surface area contributed by atoms with Crippen LogP contribution in [0.4, 0.5) is 0 Å². The average molecular weight is 202 g/mol. The third-order valence-electron chi connectivity index (χ3n) is 3.40. The Labute approximate surface area is 89.0 Å². The molecule has 0 fully saturated rings. The molecule has 0 aromatic heterocycles. The second-order valence-corrected chi connectivity index (χ2v) is 5.43. The average Bonchev–Trinajstić information content (AvgIpc) is 2.01. The summed E-state index contributed by atoms with van der Waals surface area (Å²) >= 11 is 0. The summed E-state index contributed by atoms with van der Waals surface area (Å²) in [6, 6.07) is 0. The van der Waals surface area contributed by atoms with Gasteiger partial charge in [0.05, 0.1) is 13.2 Å². The maximum atomic E-state index is 5.37. The van der Waals surface area contributed by atoms with Crippen molar-refractivity contribution in [1.29, 1.82) is 0 Å². The van der Waals surface area contributed by atoms with E-state index in [0.29, 0.717) is 5.92 Å². The Morgan fingerprint density at radius 1 is 0.929 bits per heavy atom. The molecule has 0 atom stereocenters. The van der Waals surface area contributed by atoms with Gasteiger partial charge in [0, 0.05) is 19.6 Å². The summed E-state index contributed by atoms with van der Waals surface area (Å²) in [6.45, 7) is 12.7. The molecule has 0 amide bonds. The molecule has 0 aromatic rings. The van der Waals surface area contributed by atoms with E-state index in [1.54, 1.807) is 14.2 Å². The van der Waals surface area contributed by atoms with Crippen LogP contribution in [0.15, 0.2) is 0 Å². The fourth-order valence-electron chi connectivity index (χ4n) is 2.19. The van der Waals surface area contributed by atoms with Crippen LogP contribution in [0.2, 0.25) is 0 Å². The number of hydrogen-bond donors (Lipinski definition) is 0. The first-order chi connectivity index (χ1) is 6.31. The molecule has 0 saturated heterocycles. The molecule has 14 heavy (non-hydrogen) atoms. The molecule has 0 heterocycles. The third-order valence-corrected chi connectivity index (χ3v) is 3.40. The lowest BCUT2D eigenvalue weighted by molar-refractivity contribution is -0.0906. The normalized spacial score (nSPS) is 13.7. The minimum absolute atomic E-state index is 0.0938. The van der Waals surface area contributed by atoms with E-state index in [-0.39, 0.29) is 10.8 Å². The number of rotatable bonds is 5. The highest BCUT2D eigenvalue weighted by molar-refractivity contribution is 4.92. The molecule has 0 aromatic carbocycles. The Kier molecular flexibility index (Phi) is 5.10. The Bertz CT molecular complexity index is 150. The van der Waals surface area contributed by atoms with Crippen LogP contribution in [0, 0.1) is 16.7 Å². The summed E-state index contributed by atoms with van der Waals surface area (Å²) in [5, 5.41) is 0. The topological polar surface area (TPSA) is 18.5 Å². The van der Waals surface area contributed by atoms with E-state index in [0.717, 1.165) is 13.2 Å². The Morgan fingerprint density at radius 3 is 1.43 bits per heavy atom. The van der Waals surface area contributed by atoms with Gasteiger partial charge in [0.1, 0.15) is 0 Å². The predicted octanol–water partition coefficient (Wildman–Crippen LogP) is 2.97. The highest BCUT2D eigenvalue weighted by Crippen LogP contribution is 2.45.